The molecule has 1 aliphatic carbocycles. The lowest BCUT2D eigenvalue weighted by Crippen LogP contribution is -2.32. The van der Waals surface area contributed by atoms with Crippen LogP contribution in [0.2, 0.25) is 0 Å². The molecule has 0 unspecified atom stereocenters. The van der Waals surface area contributed by atoms with Gasteiger partial charge in [0.1, 0.15) is 5.82 Å². The predicted octanol–water partition coefficient (Wildman–Crippen LogP) is 3.19. The second-order valence-electron chi connectivity index (χ2n) is 5.73. The molecule has 0 saturated heterocycles. The van der Waals surface area contributed by atoms with E-state index >= 15 is 0 Å². The molecule has 0 amide bonds. The summed E-state index contributed by atoms with van der Waals surface area (Å²) in [6.07, 6.45) is -0.108. The van der Waals surface area contributed by atoms with Gasteiger partial charge in [0.15, 0.2) is 11.5 Å². The first-order chi connectivity index (χ1) is 11.6. The third-order valence-electron chi connectivity index (χ3n) is 4.30. The van der Waals surface area contributed by atoms with Crippen LogP contribution in [0, 0.1) is 5.82 Å². The van der Waals surface area contributed by atoms with Crippen LogP contribution in [0.5, 0.6) is 0 Å². The molecule has 0 radical (unpaired) electrons. The molecule has 0 bridgehead atoms. The third kappa shape index (κ3) is 2.09. The lowest BCUT2D eigenvalue weighted by molar-refractivity contribution is -0.140. The van der Waals surface area contributed by atoms with E-state index in [1.54, 1.807) is 24.3 Å². The van der Waals surface area contributed by atoms with Gasteiger partial charge in [-0.25, -0.2) is 4.39 Å². The number of hydrogen-bond acceptors (Lipinski definition) is 4. The number of hydrogen-bond donors (Lipinski definition) is 0. The van der Waals surface area contributed by atoms with Crippen LogP contribution in [-0.4, -0.2) is 17.5 Å². The molecule has 1 heterocycles. The van der Waals surface area contributed by atoms with Crippen molar-refractivity contribution in [2.75, 3.05) is 0 Å². The zero-order valence-corrected chi connectivity index (χ0v) is 12.4. The molecule has 1 aliphatic heterocycles. The van der Waals surface area contributed by atoms with Crippen LogP contribution in [0.4, 0.5) is 4.39 Å². The molecule has 2 aromatic carbocycles. The Morgan fingerprint density at radius 2 is 1.62 bits per heavy atom. The number of allylic oxidation sites excluding steroid dienone is 2. The van der Waals surface area contributed by atoms with Crippen LogP contribution >= 0.6 is 0 Å². The molecule has 2 aromatic rings. The maximum absolute atomic E-state index is 13.6. The number of benzene rings is 2. The summed E-state index contributed by atoms with van der Waals surface area (Å²) in [6.45, 7) is 0. The van der Waals surface area contributed by atoms with Crippen molar-refractivity contribution < 1.29 is 23.5 Å². The summed E-state index contributed by atoms with van der Waals surface area (Å²) in [5.41, 5.74) is 1.10. The molecule has 0 fully saturated rings. The Balaban J connectivity index is 1.92. The average molecular weight is 322 g/mol. The number of Topliss-reactive ketones (excluding diaryl/α,β-unsaturated/α-hetero) is 2. The van der Waals surface area contributed by atoms with Crippen LogP contribution in [0.3, 0.4) is 0 Å². The average Bonchev–Trinajstić information content (AvgIpc) is 2.59. The molecule has 1 atom stereocenters. The van der Waals surface area contributed by atoms with E-state index in [9.17, 15) is 18.8 Å². The van der Waals surface area contributed by atoms with Gasteiger partial charge >= 0.3 is 5.97 Å². The van der Waals surface area contributed by atoms with E-state index in [0.29, 0.717) is 5.56 Å². The Morgan fingerprint density at radius 3 is 2.33 bits per heavy atom. The Bertz CT molecular complexity index is 942. The Labute approximate surface area is 136 Å². The second-order valence-corrected chi connectivity index (χ2v) is 5.73. The van der Waals surface area contributed by atoms with Gasteiger partial charge in [0.25, 0.3) is 0 Å². The Hall–Kier alpha value is -3.08. The maximum Gasteiger partial charge on any atom is 0.312 e. The van der Waals surface area contributed by atoms with Crippen LogP contribution in [0.25, 0.3) is 0 Å². The molecule has 5 heteroatoms. The highest BCUT2D eigenvalue weighted by atomic mass is 19.1. The minimum Gasteiger partial charge on any atom is -0.422 e. The Kier molecular flexibility index (Phi) is 3.16. The largest absolute Gasteiger partial charge is 0.422 e. The van der Waals surface area contributed by atoms with E-state index in [-0.39, 0.29) is 34.7 Å². The maximum atomic E-state index is 13.6. The van der Waals surface area contributed by atoms with Gasteiger partial charge in [-0.2, -0.15) is 0 Å². The monoisotopic (exact) mass is 322 g/mol. The third-order valence-corrected chi connectivity index (χ3v) is 4.30. The van der Waals surface area contributed by atoms with Crippen molar-refractivity contribution >= 4 is 17.5 Å². The van der Waals surface area contributed by atoms with Gasteiger partial charge in [0, 0.05) is 17.0 Å². The van der Waals surface area contributed by atoms with Crippen molar-refractivity contribution in [3.8, 4) is 0 Å². The Morgan fingerprint density at radius 1 is 0.917 bits per heavy atom. The molecular formula is C19H11FO4. The first kappa shape index (κ1) is 14.5. The van der Waals surface area contributed by atoms with Gasteiger partial charge in [-0.1, -0.05) is 36.4 Å². The van der Waals surface area contributed by atoms with Crippen LogP contribution < -0.4 is 0 Å². The van der Waals surface area contributed by atoms with Crippen LogP contribution in [0.1, 0.15) is 38.6 Å². The van der Waals surface area contributed by atoms with Crippen molar-refractivity contribution in [2.45, 2.75) is 12.3 Å². The highest BCUT2D eigenvalue weighted by Gasteiger charge is 2.42. The minimum absolute atomic E-state index is 0.108. The van der Waals surface area contributed by atoms with E-state index in [1.165, 1.54) is 24.3 Å². The normalized spacial score (nSPS) is 19.7. The lowest BCUT2D eigenvalue weighted by Gasteiger charge is -2.29. The van der Waals surface area contributed by atoms with Crippen molar-refractivity contribution in [3.63, 3.8) is 0 Å². The highest BCUT2D eigenvalue weighted by molar-refractivity contribution is 6.27. The highest BCUT2D eigenvalue weighted by Crippen LogP contribution is 2.41. The van der Waals surface area contributed by atoms with Gasteiger partial charge in [-0.05, 0) is 17.7 Å². The van der Waals surface area contributed by atoms with Crippen molar-refractivity contribution in [1.29, 1.82) is 0 Å². The zero-order valence-electron chi connectivity index (χ0n) is 12.4. The number of rotatable bonds is 1. The van der Waals surface area contributed by atoms with Gasteiger partial charge in [-0.3, -0.25) is 14.4 Å². The molecule has 2 aliphatic rings. The smallest absolute Gasteiger partial charge is 0.312 e. The SMILES string of the molecule is O=C1C[C@H](c2cccc(F)c2)C2=C(O1)C(=O)c1ccccc1C2=O. The fraction of sp³-hybridized carbons (Fsp3) is 0.105. The molecule has 0 saturated carbocycles. The molecule has 4 nitrogen and oxygen atoms in total. The van der Waals surface area contributed by atoms with Crippen LogP contribution in [0.15, 0.2) is 59.9 Å². The lowest BCUT2D eigenvalue weighted by atomic mass is 9.77. The fourth-order valence-electron chi connectivity index (χ4n) is 3.22. The fourth-order valence-corrected chi connectivity index (χ4v) is 3.22. The summed E-state index contributed by atoms with van der Waals surface area (Å²) in [4.78, 5) is 37.4. The quantitative estimate of drug-likeness (QED) is 0.757. The number of carbonyl (C=O) groups excluding carboxylic acids is 3. The summed E-state index contributed by atoms with van der Waals surface area (Å²) < 4.78 is 18.7. The summed E-state index contributed by atoms with van der Waals surface area (Å²) in [6, 6.07) is 12.1. The van der Waals surface area contributed by atoms with Gasteiger partial charge in [-0.15, -0.1) is 0 Å². The molecule has 0 aromatic heterocycles. The number of ether oxygens (including phenoxy) is 1. The van der Waals surface area contributed by atoms with Crippen LogP contribution in [-0.2, 0) is 9.53 Å². The molecular weight excluding hydrogens is 311 g/mol. The summed E-state index contributed by atoms with van der Waals surface area (Å²) >= 11 is 0. The van der Waals surface area contributed by atoms with Crippen molar-refractivity contribution in [2.24, 2.45) is 0 Å². The summed E-state index contributed by atoms with van der Waals surface area (Å²) in [5.74, 6) is -2.85. The number of halogens is 1. The number of carbonyl (C=O) groups is 3. The van der Waals surface area contributed by atoms with E-state index in [2.05, 4.69) is 0 Å². The number of fused-ring (bicyclic) bond motifs is 1. The van der Waals surface area contributed by atoms with E-state index < -0.39 is 23.5 Å². The van der Waals surface area contributed by atoms with Gasteiger partial charge in [0.2, 0.25) is 5.78 Å². The summed E-state index contributed by atoms with van der Waals surface area (Å²) in [5, 5.41) is 0. The standard InChI is InChI=1S/C19H11FO4/c20-11-5-3-4-10(8-11)14-9-15(21)24-19-16(14)17(22)12-6-1-2-7-13(12)18(19)23/h1-8,14H,9H2/t14-/m1/s1. The predicted molar refractivity (Wildman–Crippen MR) is 82.0 cm³/mol. The van der Waals surface area contributed by atoms with E-state index in [4.69, 9.17) is 4.74 Å². The molecule has 0 N–H and O–H groups in total. The number of ketones is 2. The number of esters is 1. The molecule has 24 heavy (non-hydrogen) atoms. The van der Waals surface area contributed by atoms with Gasteiger partial charge in [0.05, 0.1) is 12.0 Å². The van der Waals surface area contributed by atoms with Crippen molar-refractivity contribution in [1.82, 2.24) is 0 Å². The van der Waals surface area contributed by atoms with Crippen molar-refractivity contribution in [3.05, 3.63) is 82.4 Å². The van der Waals surface area contributed by atoms with Gasteiger partial charge < -0.3 is 4.74 Å². The minimum atomic E-state index is -0.693. The van der Waals surface area contributed by atoms with E-state index in [0.717, 1.165) is 0 Å². The zero-order chi connectivity index (χ0) is 16.8. The van der Waals surface area contributed by atoms with E-state index in [1.807, 2.05) is 0 Å². The molecule has 118 valence electrons. The summed E-state index contributed by atoms with van der Waals surface area (Å²) in [7, 11) is 0. The first-order valence-corrected chi connectivity index (χ1v) is 7.45. The second kappa shape index (κ2) is 5.23. The molecule has 0 spiro atoms. The topological polar surface area (TPSA) is 60.4 Å². The molecule has 4 rings (SSSR count). The first-order valence-electron chi connectivity index (χ1n) is 7.45.